The van der Waals surface area contributed by atoms with E-state index >= 15 is 0 Å². The van der Waals surface area contributed by atoms with Gasteiger partial charge < -0.3 is 0 Å². The van der Waals surface area contributed by atoms with Gasteiger partial charge in [0.15, 0.2) is 0 Å². The average molecular weight is 279 g/mol. The van der Waals surface area contributed by atoms with Crippen LogP contribution in [0.4, 0.5) is 4.39 Å². The van der Waals surface area contributed by atoms with Crippen LogP contribution in [0.5, 0.6) is 0 Å². The van der Waals surface area contributed by atoms with Crippen LogP contribution in [0.25, 0.3) is 11.3 Å². The summed E-state index contributed by atoms with van der Waals surface area (Å²) < 4.78 is 14.2. The minimum absolute atomic E-state index is 0.266. The predicted molar refractivity (Wildman–Crippen MR) is 76.0 cm³/mol. The Balaban J connectivity index is 2.75. The fourth-order valence-corrected chi connectivity index (χ4v) is 2.34. The summed E-state index contributed by atoms with van der Waals surface area (Å²) >= 11 is 6.11. The smallest absolute Gasteiger partial charge is 0.136 e. The molecule has 0 bridgehead atoms. The van der Waals surface area contributed by atoms with Gasteiger partial charge in [0.25, 0.3) is 0 Å². The summed E-state index contributed by atoms with van der Waals surface area (Å²) in [5, 5.41) is 0.390. The van der Waals surface area contributed by atoms with E-state index in [-0.39, 0.29) is 5.82 Å². The molecule has 1 heterocycles. The highest BCUT2D eigenvalue weighted by Crippen LogP contribution is 2.31. The molecule has 0 N–H and O–H groups in total. The molecule has 1 aromatic carbocycles. The standard InChI is InChI=1S/C15H16ClFN2/c1-5-12-18-14(10(4)15(16)19-12)13-9(3)6-8(2)7-11(13)17/h6-7H,5H2,1-4H3. The van der Waals surface area contributed by atoms with E-state index in [0.29, 0.717) is 34.2 Å². The van der Waals surface area contributed by atoms with Crippen molar-refractivity contribution in [2.75, 3.05) is 0 Å². The minimum atomic E-state index is -0.266. The molecule has 19 heavy (non-hydrogen) atoms. The highest BCUT2D eigenvalue weighted by atomic mass is 35.5. The van der Waals surface area contributed by atoms with Gasteiger partial charge in [-0.3, -0.25) is 0 Å². The SMILES string of the molecule is CCc1nc(Cl)c(C)c(-c2c(C)cc(C)cc2F)n1. The van der Waals surface area contributed by atoms with Crippen LogP contribution in [0.1, 0.15) is 29.4 Å². The van der Waals surface area contributed by atoms with Crippen LogP contribution < -0.4 is 0 Å². The van der Waals surface area contributed by atoms with Crippen molar-refractivity contribution in [2.45, 2.75) is 34.1 Å². The Labute approximate surface area is 117 Å². The minimum Gasteiger partial charge on any atom is -0.232 e. The lowest BCUT2D eigenvalue weighted by Gasteiger charge is -2.12. The number of aryl methyl sites for hydroxylation is 3. The first-order valence-electron chi connectivity index (χ1n) is 6.24. The number of benzene rings is 1. The topological polar surface area (TPSA) is 25.8 Å². The Morgan fingerprint density at radius 2 is 1.84 bits per heavy atom. The molecule has 2 aromatic rings. The highest BCUT2D eigenvalue weighted by Gasteiger charge is 2.16. The summed E-state index contributed by atoms with van der Waals surface area (Å²) in [7, 11) is 0. The normalized spacial score (nSPS) is 10.8. The number of nitrogens with zero attached hydrogens (tertiary/aromatic N) is 2. The first-order valence-corrected chi connectivity index (χ1v) is 6.62. The van der Waals surface area contributed by atoms with Crippen molar-refractivity contribution in [3.63, 3.8) is 0 Å². The van der Waals surface area contributed by atoms with Gasteiger partial charge in [0.1, 0.15) is 16.8 Å². The predicted octanol–water partition coefficient (Wildman–Crippen LogP) is 4.42. The van der Waals surface area contributed by atoms with Crippen molar-refractivity contribution in [2.24, 2.45) is 0 Å². The molecule has 0 saturated heterocycles. The molecule has 1 aromatic heterocycles. The monoisotopic (exact) mass is 278 g/mol. The second-order valence-electron chi connectivity index (χ2n) is 4.70. The average Bonchev–Trinajstić information content (AvgIpc) is 2.32. The van der Waals surface area contributed by atoms with E-state index in [1.165, 1.54) is 6.07 Å². The van der Waals surface area contributed by atoms with Crippen molar-refractivity contribution in [3.8, 4) is 11.3 Å². The van der Waals surface area contributed by atoms with Crippen LogP contribution in [0.3, 0.4) is 0 Å². The molecule has 4 heteroatoms. The molecule has 0 amide bonds. The van der Waals surface area contributed by atoms with Crippen LogP contribution in [-0.2, 0) is 6.42 Å². The lowest BCUT2D eigenvalue weighted by molar-refractivity contribution is 0.628. The maximum atomic E-state index is 14.2. The van der Waals surface area contributed by atoms with Crippen LogP contribution in [0.15, 0.2) is 12.1 Å². The number of halogens is 2. The lowest BCUT2D eigenvalue weighted by Crippen LogP contribution is -2.02. The third-order valence-electron chi connectivity index (χ3n) is 3.12. The van der Waals surface area contributed by atoms with Crippen molar-refractivity contribution in [1.29, 1.82) is 0 Å². The second-order valence-corrected chi connectivity index (χ2v) is 5.05. The zero-order chi connectivity index (χ0) is 14.2. The highest BCUT2D eigenvalue weighted by molar-refractivity contribution is 6.30. The molecule has 2 nitrogen and oxygen atoms in total. The Morgan fingerprint density at radius 1 is 1.16 bits per heavy atom. The summed E-state index contributed by atoms with van der Waals surface area (Å²) in [5.74, 6) is 0.363. The molecule has 0 aliphatic carbocycles. The third kappa shape index (κ3) is 2.61. The van der Waals surface area contributed by atoms with Crippen molar-refractivity contribution >= 4 is 11.6 Å². The molecule has 0 radical (unpaired) electrons. The molecule has 0 saturated carbocycles. The Kier molecular flexibility index (Phi) is 3.85. The van der Waals surface area contributed by atoms with Crippen LogP contribution >= 0.6 is 11.6 Å². The van der Waals surface area contributed by atoms with Gasteiger partial charge in [0, 0.05) is 17.5 Å². The van der Waals surface area contributed by atoms with E-state index in [0.717, 1.165) is 11.1 Å². The summed E-state index contributed by atoms with van der Waals surface area (Å²) in [6.45, 7) is 7.52. The first kappa shape index (κ1) is 13.9. The molecule has 0 unspecified atom stereocenters. The zero-order valence-corrected chi connectivity index (χ0v) is 12.3. The van der Waals surface area contributed by atoms with E-state index in [9.17, 15) is 4.39 Å². The fourth-order valence-electron chi connectivity index (χ4n) is 2.15. The molecule has 0 aliphatic rings. The first-order chi connectivity index (χ1) is 8.93. The zero-order valence-electron chi connectivity index (χ0n) is 11.5. The maximum absolute atomic E-state index is 14.2. The van der Waals surface area contributed by atoms with E-state index in [2.05, 4.69) is 9.97 Å². The van der Waals surface area contributed by atoms with E-state index in [4.69, 9.17) is 11.6 Å². The van der Waals surface area contributed by atoms with E-state index in [1.807, 2.05) is 33.8 Å². The van der Waals surface area contributed by atoms with Gasteiger partial charge in [-0.2, -0.15) is 0 Å². The second kappa shape index (κ2) is 5.25. The van der Waals surface area contributed by atoms with Crippen molar-refractivity contribution < 1.29 is 4.39 Å². The van der Waals surface area contributed by atoms with Gasteiger partial charge in [-0.05, 0) is 38.0 Å². The number of hydrogen-bond donors (Lipinski definition) is 0. The van der Waals surface area contributed by atoms with E-state index in [1.54, 1.807) is 0 Å². The van der Waals surface area contributed by atoms with Crippen molar-refractivity contribution in [3.05, 3.63) is 45.6 Å². The van der Waals surface area contributed by atoms with Crippen LogP contribution in [-0.4, -0.2) is 9.97 Å². The fraction of sp³-hybridized carbons (Fsp3) is 0.333. The summed E-state index contributed by atoms with van der Waals surface area (Å²) in [4.78, 5) is 8.62. The molecule has 0 fully saturated rings. The third-order valence-corrected chi connectivity index (χ3v) is 3.49. The quantitative estimate of drug-likeness (QED) is 0.760. The molecular formula is C15H16ClFN2. The molecule has 0 aliphatic heterocycles. The number of rotatable bonds is 2. The van der Waals surface area contributed by atoms with Gasteiger partial charge in [-0.1, -0.05) is 24.6 Å². The maximum Gasteiger partial charge on any atom is 0.136 e. The molecular weight excluding hydrogens is 263 g/mol. The van der Waals surface area contributed by atoms with Gasteiger partial charge in [0.05, 0.1) is 5.69 Å². The largest absolute Gasteiger partial charge is 0.232 e. The number of hydrogen-bond acceptors (Lipinski definition) is 2. The van der Waals surface area contributed by atoms with Crippen LogP contribution in [0, 0.1) is 26.6 Å². The Morgan fingerprint density at radius 3 is 2.42 bits per heavy atom. The van der Waals surface area contributed by atoms with Gasteiger partial charge in [-0.25, -0.2) is 14.4 Å². The van der Waals surface area contributed by atoms with Crippen LogP contribution in [0.2, 0.25) is 5.15 Å². The van der Waals surface area contributed by atoms with Gasteiger partial charge in [0.2, 0.25) is 0 Å². The Bertz CT molecular complexity index is 615. The number of aromatic nitrogens is 2. The van der Waals surface area contributed by atoms with Crippen molar-refractivity contribution in [1.82, 2.24) is 9.97 Å². The summed E-state index contributed by atoms with van der Waals surface area (Å²) in [5.41, 5.74) is 3.57. The summed E-state index contributed by atoms with van der Waals surface area (Å²) in [6, 6.07) is 3.46. The lowest BCUT2D eigenvalue weighted by atomic mass is 9.99. The molecule has 100 valence electrons. The molecule has 2 rings (SSSR count). The van der Waals surface area contributed by atoms with E-state index < -0.39 is 0 Å². The van der Waals surface area contributed by atoms with Gasteiger partial charge >= 0.3 is 0 Å². The van der Waals surface area contributed by atoms with Gasteiger partial charge in [-0.15, -0.1) is 0 Å². The molecule has 0 atom stereocenters. The summed E-state index contributed by atoms with van der Waals surface area (Å²) in [6.07, 6.45) is 0.666. The molecule has 0 spiro atoms. The Hall–Kier alpha value is -1.48.